The van der Waals surface area contributed by atoms with Crippen molar-refractivity contribution in [3.05, 3.63) is 69.9 Å². The van der Waals surface area contributed by atoms with Gasteiger partial charge in [0.25, 0.3) is 0 Å². The van der Waals surface area contributed by atoms with E-state index >= 15 is 0 Å². The van der Waals surface area contributed by atoms with Gasteiger partial charge in [-0.3, -0.25) is 0 Å². The number of hydrogen-bond donors (Lipinski definition) is 1. The van der Waals surface area contributed by atoms with E-state index in [4.69, 9.17) is 4.74 Å². The lowest BCUT2D eigenvalue weighted by Crippen LogP contribution is -2.31. The largest absolute Gasteiger partial charge is 0.454 e. The number of carbonyl (C=O) groups is 1. The normalized spacial score (nSPS) is 15.9. The zero-order valence-electron chi connectivity index (χ0n) is 19.3. The van der Waals surface area contributed by atoms with E-state index in [1.165, 1.54) is 43.5 Å². The van der Waals surface area contributed by atoms with Crippen molar-refractivity contribution in [1.82, 2.24) is 9.88 Å². The predicted molar refractivity (Wildman–Crippen MR) is 127 cm³/mol. The molecule has 1 aliphatic heterocycles. The zero-order chi connectivity index (χ0) is 22.0. The number of likely N-dealkylation sites (tertiary alicyclic amines) is 1. The number of hydrogen-bond acceptors (Lipinski definition) is 3. The average Bonchev–Trinajstić information content (AvgIpc) is 3.07. The second-order valence-corrected chi connectivity index (χ2v) is 9.06. The van der Waals surface area contributed by atoms with Crippen LogP contribution in [0.15, 0.2) is 36.4 Å². The van der Waals surface area contributed by atoms with Crippen LogP contribution in [0.25, 0.3) is 10.9 Å². The summed E-state index contributed by atoms with van der Waals surface area (Å²) < 4.78 is 5.92. The van der Waals surface area contributed by atoms with Gasteiger partial charge in [0.1, 0.15) is 6.10 Å². The van der Waals surface area contributed by atoms with E-state index in [1.54, 1.807) is 0 Å². The number of fused-ring (bicyclic) bond motifs is 1. The second kappa shape index (κ2) is 9.27. The highest BCUT2D eigenvalue weighted by Gasteiger charge is 2.21. The minimum atomic E-state index is -0.292. The Morgan fingerprint density at radius 2 is 1.84 bits per heavy atom. The van der Waals surface area contributed by atoms with Gasteiger partial charge >= 0.3 is 5.97 Å². The Balaban J connectivity index is 1.53. The Labute approximate surface area is 185 Å². The molecule has 0 spiro atoms. The standard InChI is InChI=1S/C27H34N2O2/c1-18-8-10-23(19(2)16-18)21(4)31-27(30)26-20(3)28-25-11-9-22(17-24(25)26)12-15-29-13-6-5-7-14-29/h8-11,16-17,21,28H,5-7,12-15H2,1-4H3. The number of aryl methyl sites for hydroxylation is 3. The fourth-order valence-corrected chi connectivity index (χ4v) is 4.83. The zero-order valence-corrected chi connectivity index (χ0v) is 19.3. The summed E-state index contributed by atoms with van der Waals surface area (Å²) in [5, 5.41) is 0.964. The van der Waals surface area contributed by atoms with E-state index in [-0.39, 0.29) is 12.1 Å². The van der Waals surface area contributed by atoms with E-state index in [1.807, 2.05) is 13.8 Å². The van der Waals surface area contributed by atoms with Crippen LogP contribution in [-0.2, 0) is 11.2 Å². The van der Waals surface area contributed by atoms with Crippen LogP contribution in [0, 0.1) is 20.8 Å². The fourth-order valence-electron chi connectivity index (χ4n) is 4.83. The van der Waals surface area contributed by atoms with Crippen LogP contribution in [0.2, 0.25) is 0 Å². The van der Waals surface area contributed by atoms with Gasteiger partial charge in [0.2, 0.25) is 0 Å². The number of benzene rings is 2. The quantitative estimate of drug-likeness (QED) is 0.496. The minimum absolute atomic E-state index is 0.260. The van der Waals surface area contributed by atoms with Gasteiger partial charge < -0.3 is 14.6 Å². The average molecular weight is 419 g/mol. The molecule has 1 atom stereocenters. The molecule has 2 aromatic carbocycles. The number of aromatic amines is 1. The predicted octanol–water partition coefficient (Wildman–Crippen LogP) is 6.04. The Morgan fingerprint density at radius 3 is 2.58 bits per heavy atom. The lowest BCUT2D eigenvalue weighted by molar-refractivity contribution is 0.0338. The summed E-state index contributed by atoms with van der Waals surface area (Å²) in [6.45, 7) is 11.5. The van der Waals surface area contributed by atoms with Crippen LogP contribution in [-0.4, -0.2) is 35.5 Å². The molecule has 4 nitrogen and oxygen atoms in total. The molecule has 1 fully saturated rings. The number of esters is 1. The molecule has 0 amide bonds. The third-order valence-corrected chi connectivity index (χ3v) is 6.57. The van der Waals surface area contributed by atoms with Crippen molar-refractivity contribution in [1.29, 1.82) is 0 Å². The van der Waals surface area contributed by atoms with Gasteiger partial charge in [-0.15, -0.1) is 0 Å². The van der Waals surface area contributed by atoms with Crippen LogP contribution < -0.4 is 0 Å². The molecule has 0 aliphatic carbocycles. The maximum absolute atomic E-state index is 13.2. The first kappa shape index (κ1) is 21.6. The number of carbonyl (C=O) groups excluding carboxylic acids is 1. The molecular formula is C27H34N2O2. The molecule has 0 bridgehead atoms. The minimum Gasteiger partial charge on any atom is -0.454 e. The Hall–Kier alpha value is -2.59. The number of H-pyrrole nitrogens is 1. The summed E-state index contributed by atoms with van der Waals surface area (Å²) in [5.41, 5.74) is 7.20. The molecule has 164 valence electrons. The second-order valence-electron chi connectivity index (χ2n) is 9.06. The van der Waals surface area contributed by atoms with Crippen LogP contribution in [0.4, 0.5) is 0 Å². The molecular weight excluding hydrogens is 384 g/mol. The maximum atomic E-state index is 13.2. The van der Waals surface area contributed by atoms with Crippen molar-refractivity contribution in [2.24, 2.45) is 0 Å². The number of rotatable bonds is 6. The Kier molecular flexibility index (Phi) is 6.47. The van der Waals surface area contributed by atoms with E-state index in [0.29, 0.717) is 5.56 Å². The number of aromatic nitrogens is 1. The van der Waals surface area contributed by atoms with Crippen LogP contribution in [0.3, 0.4) is 0 Å². The third-order valence-electron chi connectivity index (χ3n) is 6.57. The summed E-state index contributed by atoms with van der Waals surface area (Å²) in [6.07, 6.45) is 4.69. The van der Waals surface area contributed by atoms with E-state index in [0.717, 1.165) is 40.7 Å². The molecule has 1 aliphatic rings. The first-order chi connectivity index (χ1) is 14.9. The molecule has 3 aromatic rings. The number of piperidine rings is 1. The van der Waals surface area contributed by atoms with Crippen LogP contribution in [0.5, 0.6) is 0 Å². The number of nitrogens with zero attached hydrogens (tertiary/aromatic N) is 1. The lowest BCUT2D eigenvalue weighted by atomic mass is 10.0. The monoisotopic (exact) mass is 418 g/mol. The molecule has 1 aromatic heterocycles. The molecule has 0 radical (unpaired) electrons. The van der Waals surface area contributed by atoms with Gasteiger partial charge in [-0.25, -0.2) is 4.79 Å². The van der Waals surface area contributed by atoms with Gasteiger partial charge in [0.15, 0.2) is 0 Å². The van der Waals surface area contributed by atoms with Gasteiger partial charge in [0.05, 0.1) is 5.56 Å². The highest BCUT2D eigenvalue weighted by atomic mass is 16.5. The highest BCUT2D eigenvalue weighted by Crippen LogP contribution is 2.28. The SMILES string of the molecule is Cc1ccc(C(C)OC(=O)c2c(C)[nH]c3ccc(CCN4CCCCC4)cc23)c(C)c1. The van der Waals surface area contributed by atoms with E-state index in [9.17, 15) is 4.79 Å². The van der Waals surface area contributed by atoms with Gasteiger partial charge in [-0.2, -0.15) is 0 Å². The van der Waals surface area contributed by atoms with Crippen molar-refractivity contribution in [3.8, 4) is 0 Å². The van der Waals surface area contributed by atoms with Crippen LogP contribution >= 0.6 is 0 Å². The topological polar surface area (TPSA) is 45.3 Å². The van der Waals surface area contributed by atoms with Crippen molar-refractivity contribution in [2.45, 2.75) is 59.5 Å². The van der Waals surface area contributed by atoms with Gasteiger partial charge in [0, 0.05) is 23.1 Å². The smallest absolute Gasteiger partial charge is 0.341 e. The van der Waals surface area contributed by atoms with Crippen LogP contribution in [0.1, 0.15) is 70.6 Å². The Bertz CT molecular complexity index is 1080. The van der Waals surface area contributed by atoms with Gasteiger partial charge in [-0.1, -0.05) is 36.2 Å². The van der Waals surface area contributed by atoms with Crippen molar-refractivity contribution in [2.75, 3.05) is 19.6 Å². The molecule has 31 heavy (non-hydrogen) atoms. The number of nitrogens with one attached hydrogen (secondary N) is 1. The maximum Gasteiger partial charge on any atom is 0.341 e. The molecule has 4 heteroatoms. The summed E-state index contributed by atoms with van der Waals surface area (Å²) >= 11 is 0. The van der Waals surface area contributed by atoms with Crippen molar-refractivity contribution < 1.29 is 9.53 Å². The molecule has 1 N–H and O–H groups in total. The highest BCUT2D eigenvalue weighted by molar-refractivity contribution is 6.05. The molecule has 1 unspecified atom stereocenters. The summed E-state index contributed by atoms with van der Waals surface area (Å²) in [5.74, 6) is -0.260. The molecule has 1 saturated heterocycles. The summed E-state index contributed by atoms with van der Waals surface area (Å²) in [6, 6.07) is 12.7. The van der Waals surface area contributed by atoms with Gasteiger partial charge in [-0.05, 0) is 88.9 Å². The first-order valence-corrected chi connectivity index (χ1v) is 11.5. The number of ether oxygens (including phenoxy) is 1. The first-order valence-electron chi connectivity index (χ1n) is 11.5. The van der Waals surface area contributed by atoms with Crippen molar-refractivity contribution in [3.63, 3.8) is 0 Å². The summed E-state index contributed by atoms with van der Waals surface area (Å²) in [4.78, 5) is 19.1. The molecule has 0 saturated carbocycles. The molecule has 4 rings (SSSR count). The fraction of sp³-hybridized carbons (Fsp3) is 0.444. The van der Waals surface area contributed by atoms with E-state index in [2.05, 4.69) is 60.1 Å². The van der Waals surface area contributed by atoms with Crippen molar-refractivity contribution >= 4 is 16.9 Å². The van der Waals surface area contributed by atoms with E-state index < -0.39 is 0 Å². The summed E-state index contributed by atoms with van der Waals surface area (Å²) in [7, 11) is 0. The lowest BCUT2D eigenvalue weighted by Gasteiger charge is -2.26. The third kappa shape index (κ3) is 4.85. The Morgan fingerprint density at radius 1 is 1.06 bits per heavy atom. The molecule has 2 heterocycles.